The van der Waals surface area contributed by atoms with Crippen molar-refractivity contribution in [3.05, 3.63) is 43.5 Å². The summed E-state index contributed by atoms with van der Waals surface area (Å²) in [4.78, 5) is 23.3. The molecule has 0 atom stereocenters. The van der Waals surface area contributed by atoms with Crippen LogP contribution < -0.4 is 11.1 Å². The fourth-order valence-corrected chi connectivity index (χ4v) is 4.62. The van der Waals surface area contributed by atoms with Gasteiger partial charge in [0.15, 0.2) is 0 Å². The highest BCUT2D eigenvalue weighted by atomic mass is 32.1. The van der Waals surface area contributed by atoms with Gasteiger partial charge in [-0.25, -0.2) is 9.97 Å². The summed E-state index contributed by atoms with van der Waals surface area (Å²) in [7, 11) is 0. The van der Waals surface area contributed by atoms with E-state index in [2.05, 4.69) is 32.8 Å². The van der Waals surface area contributed by atoms with E-state index in [1.807, 2.05) is 6.92 Å². The lowest BCUT2D eigenvalue weighted by atomic mass is 10.3. The monoisotopic (exact) mass is 378 g/mol. The first-order chi connectivity index (χ1) is 11.7. The van der Waals surface area contributed by atoms with Crippen molar-refractivity contribution in [1.29, 1.82) is 0 Å². The first-order valence-electron chi connectivity index (χ1n) is 7.59. The van der Waals surface area contributed by atoms with Gasteiger partial charge in [0.2, 0.25) is 0 Å². The van der Waals surface area contributed by atoms with E-state index in [1.54, 1.807) is 28.1 Å². The molecule has 0 saturated heterocycles. The first kappa shape index (κ1) is 17.2. The number of thiazole rings is 2. The molecule has 3 rings (SSSR count). The summed E-state index contributed by atoms with van der Waals surface area (Å²) in [6.45, 7) is 3.15. The standard InChI is InChI=1S/C16H18N4OS3/c1-10-19-12(8-22-10)14-3-2-11(24-14)5-7-18-16(21)13-9-23-15(20-13)4-6-17/h2-3,8-9H,4-7,17H2,1H3,(H,18,21). The third-order valence-corrected chi connectivity index (χ3v) is 6.18. The molecule has 126 valence electrons. The summed E-state index contributed by atoms with van der Waals surface area (Å²) in [5.41, 5.74) is 7.01. The average Bonchev–Trinajstić information content (AvgIpc) is 3.28. The normalized spacial score (nSPS) is 10.9. The minimum atomic E-state index is -0.124. The van der Waals surface area contributed by atoms with Gasteiger partial charge in [0.25, 0.3) is 5.91 Å². The van der Waals surface area contributed by atoms with E-state index in [4.69, 9.17) is 5.73 Å². The highest BCUT2D eigenvalue weighted by Gasteiger charge is 2.11. The number of aryl methyl sites for hydroxylation is 1. The van der Waals surface area contributed by atoms with Crippen LogP contribution in [0.15, 0.2) is 22.9 Å². The molecule has 0 fully saturated rings. The molecule has 3 N–H and O–H groups in total. The molecule has 0 aliphatic rings. The second kappa shape index (κ2) is 7.98. The van der Waals surface area contributed by atoms with Gasteiger partial charge in [0.1, 0.15) is 5.69 Å². The van der Waals surface area contributed by atoms with Gasteiger partial charge in [0.05, 0.1) is 20.6 Å². The molecule has 0 aliphatic heterocycles. The Morgan fingerprint density at radius 3 is 2.83 bits per heavy atom. The van der Waals surface area contributed by atoms with Crippen molar-refractivity contribution in [1.82, 2.24) is 15.3 Å². The SMILES string of the molecule is Cc1nc(-c2ccc(CCNC(=O)c3csc(CCN)n3)s2)cs1. The Morgan fingerprint density at radius 2 is 2.08 bits per heavy atom. The van der Waals surface area contributed by atoms with Gasteiger partial charge in [-0.05, 0) is 32.0 Å². The zero-order valence-electron chi connectivity index (χ0n) is 13.2. The van der Waals surface area contributed by atoms with Crippen molar-refractivity contribution < 1.29 is 4.79 Å². The van der Waals surface area contributed by atoms with Gasteiger partial charge in [-0.15, -0.1) is 34.0 Å². The quantitative estimate of drug-likeness (QED) is 0.662. The number of carbonyl (C=O) groups is 1. The van der Waals surface area contributed by atoms with E-state index >= 15 is 0 Å². The third kappa shape index (κ3) is 4.27. The maximum Gasteiger partial charge on any atom is 0.270 e. The molecule has 24 heavy (non-hydrogen) atoms. The molecule has 0 radical (unpaired) electrons. The number of nitrogens with one attached hydrogen (secondary N) is 1. The minimum Gasteiger partial charge on any atom is -0.350 e. The molecule has 8 heteroatoms. The Hall–Kier alpha value is -1.61. The van der Waals surface area contributed by atoms with E-state index < -0.39 is 0 Å². The van der Waals surface area contributed by atoms with Gasteiger partial charge in [-0.2, -0.15) is 0 Å². The summed E-state index contributed by atoms with van der Waals surface area (Å²) in [5, 5.41) is 8.77. The van der Waals surface area contributed by atoms with Crippen LogP contribution in [0.5, 0.6) is 0 Å². The van der Waals surface area contributed by atoms with Gasteiger partial charge in [-0.1, -0.05) is 0 Å². The second-order valence-corrected chi connectivity index (χ2v) is 8.36. The van der Waals surface area contributed by atoms with E-state index in [1.165, 1.54) is 21.1 Å². The van der Waals surface area contributed by atoms with Crippen molar-refractivity contribution >= 4 is 39.9 Å². The highest BCUT2D eigenvalue weighted by molar-refractivity contribution is 7.16. The van der Waals surface area contributed by atoms with Crippen LogP contribution in [-0.2, 0) is 12.8 Å². The number of nitrogens with two attached hydrogens (primary N) is 1. The number of aromatic nitrogens is 2. The van der Waals surface area contributed by atoms with Crippen LogP contribution in [0, 0.1) is 6.92 Å². The molecule has 0 bridgehead atoms. The topological polar surface area (TPSA) is 80.9 Å². The Bertz CT molecular complexity index is 821. The molecule has 0 aromatic carbocycles. The number of hydrogen-bond acceptors (Lipinski definition) is 7. The summed E-state index contributed by atoms with van der Waals surface area (Å²) >= 11 is 4.86. The number of thiophene rings is 1. The van der Waals surface area contributed by atoms with E-state index in [-0.39, 0.29) is 5.91 Å². The van der Waals surface area contributed by atoms with Crippen molar-refractivity contribution in [2.24, 2.45) is 5.73 Å². The largest absolute Gasteiger partial charge is 0.350 e. The predicted octanol–water partition coefficient (Wildman–Crippen LogP) is 3.11. The van der Waals surface area contributed by atoms with Crippen LogP contribution in [0.4, 0.5) is 0 Å². The summed E-state index contributed by atoms with van der Waals surface area (Å²) < 4.78 is 0. The number of amides is 1. The van der Waals surface area contributed by atoms with Crippen LogP contribution in [0.3, 0.4) is 0 Å². The summed E-state index contributed by atoms with van der Waals surface area (Å²) in [6, 6.07) is 4.19. The van der Waals surface area contributed by atoms with Crippen molar-refractivity contribution in [2.75, 3.05) is 13.1 Å². The zero-order valence-corrected chi connectivity index (χ0v) is 15.7. The van der Waals surface area contributed by atoms with Crippen LogP contribution in [0.1, 0.15) is 25.4 Å². The lowest BCUT2D eigenvalue weighted by molar-refractivity contribution is 0.0949. The Morgan fingerprint density at radius 1 is 1.21 bits per heavy atom. The summed E-state index contributed by atoms with van der Waals surface area (Å²) in [6.07, 6.45) is 1.52. The molecule has 0 unspecified atom stereocenters. The van der Waals surface area contributed by atoms with Crippen LogP contribution in [0.25, 0.3) is 10.6 Å². The lowest BCUT2D eigenvalue weighted by Gasteiger charge is -2.01. The van der Waals surface area contributed by atoms with Gasteiger partial charge < -0.3 is 11.1 Å². The first-order valence-corrected chi connectivity index (χ1v) is 10.2. The lowest BCUT2D eigenvalue weighted by Crippen LogP contribution is -2.25. The molecule has 0 spiro atoms. The number of carbonyl (C=O) groups excluding carboxylic acids is 1. The van der Waals surface area contributed by atoms with Crippen molar-refractivity contribution in [3.8, 4) is 10.6 Å². The Labute approximate surface area is 152 Å². The van der Waals surface area contributed by atoms with Gasteiger partial charge >= 0.3 is 0 Å². The predicted molar refractivity (Wildman–Crippen MR) is 101 cm³/mol. The maximum absolute atomic E-state index is 12.1. The molecule has 3 aromatic heterocycles. The van der Waals surface area contributed by atoms with Gasteiger partial charge in [-0.3, -0.25) is 4.79 Å². The molecular weight excluding hydrogens is 360 g/mol. The fourth-order valence-electron chi connectivity index (χ4n) is 2.17. The maximum atomic E-state index is 12.1. The number of hydrogen-bond donors (Lipinski definition) is 2. The van der Waals surface area contributed by atoms with Crippen LogP contribution in [-0.4, -0.2) is 29.0 Å². The molecular formula is C16H18N4OS3. The minimum absolute atomic E-state index is 0.124. The Balaban J connectivity index is 1.51. The smallest absolute Gasteiger partial charge is 0.270 e. The van der Waals surface area contributed by atoms with Crippen LogP contribution >= 0.6 is 34.0 Å². The molecule has 0 saturated carbocycles. The van der Waals surface area contributed by atoms with Crippen LogP contribution in [0.2, 0.25) is 0 Å². The van der Waals surface area contributed by atoms with Crippen molar-refractivity contribution in [3.63, 3.8) is 0 Å². The van der Waals surface area contributed by atoms with E-state index in [9.17, 15) is 4.79 Å². The molecule has 5 nitrogen and oxygen atoms in total. The molecule has 1 amide bonds. The van der Waals surface area contributed by atoms with E-state index in [0.29, 0.717) is 25.2 Å². The summed E-state index contributed by atoms with van der Waals surface area (Å²) in [5.74, 6) is -0.124. The second-order valence-electron chi connectivity index (χ2n) is 5.19. The third-order valence-electron chi connectivity index (χ3n) is 3.33. The average molecular weight is 379 g/mol. The molecule has 3 aromatic rings. The molecule has 0 aliphatic carbocycles. The molecule has 3 heterocycles. The van der Waals surface area contributed by atoms with E-state index in [0.717, 1.165) is 22.1 Å². The van der Waals surface area contributed by atoms with Gasteiger partial charge in [0, 0.05) is 28.6 Å². The number of rotatable bonds is 7. The highest BCUT2D eigenvalue weighted by Crippen LogP contribution is 2.29. The Kier molecular flexibility index (Phi) is 5.72. The van der Waals surface area contributed by atoms with Crippen molar-refractivity contribution in [2.45, 2.75) is 19.8 Å². The number of nitrogens with zero attached hydrogens (tertiary/aromatic N) is 2. The zero-order chi connectivity index (χ0) is 16.9. The fraction of sp³-hybridized carbons (Fsp3) is 0.312.